The van der Waals surface area contributed by atoms with Crippen LogP contribution in [0.15, 0.2) is 24.3 Å². The van der Waals surface area contributed by atoms with Crippen LogP contribution in [0.3, 0.4) is 0 Å². The van der Waals surface area contributed by atoms with Crippen molar-refractivity contribution in [2.24, 2.45) is 0 Å². The molecule has 1 saturated carbocycles. The first kappa shape index (κ1) is 11.7. The van der Waals surface area contributed by atoms with E-state index in [1.807, 2.05) is 24.3 Å². The van der Waals surface area contributed by atoms with E-state index in [9.17, 15) is 0 Å². The average Bonchev–Trinajstić information content (AvgIpc) is 2.83. The molecule has 1 aliphatic carbocycles. The van der Waals surface area contributed by atoms with Crippen LogP contribution in [0.2, 0.25) is 0 Å². The summed E-state index contributed by atoms with van der Waals surface area (Å²) in [4.78, 5) is 0. The Balaban J connectivity index is 1.81. The number of rotatable bonds is 1. The summed E-state index contributed by atoms with van der Waals surface area (Å²) >= 11 is 0. The first-order chi connectivity index (χ1) is 8.83. The van der Waals surface area contributed by atoms with Gasteiger partial charge >= 0.3 is 0 Å². The van der Waals surface area contributed by atoms with Crippen molar-refractivity contribution >= 4 is 0 Å². The number of hydrogen-bond acceptors (Lipinski definition) is 3. The van der Waals surface area contributed by atoms with Gasteiger partial charge in [0.15, 0.2) is 5.79 Å². The molecule has 94 valence electrons. The normalized spacial score (nSPS) is 26.1. The minimum atomic E-state index is -0.370. The largest absolute Gasteiger partial charge is 0.347 e. The molecule has 1 spiro atoms. The van der Waals surface area contributed by atoms with Crippen molar-refractivity contribution in [3.8, 4) is 6.07 Å². The molecule has 0 amide bonds. The summed E-state index contributed by atoms with van der Waals surface area (Å²) in [6.45, 7) is 0.568. The third-order valence-corrected chi connectivity index (χ3v) is 3.90. The Morgan fingerprint density at radius 1 is 1.17 bits per heavy atom. The molecule has 1 saturated heterocycles. The van der Waals surface area contributed by atoms with Crippen LogP contribution in [0.4, 0.5) is 0 Å². The Kier molecular flexibility index (Phi) is 3.07. The Morgan fingerprint density at radius 3 is 2.72 bits per heavy atom. The van der Waals surface area contributed by atoms with Gasteiger partial charge in [0.1, 0.15) is 6.10 Å². The van der Waals surface area contributed by atoms with Gasteiger partial charge in [-0.3, -0.25) is 0 Å². The van der Waals surface area contributed by atoms with Gasteiger partial charge in [-0.1, -0.05) is 24.6 Å². The third-order valence-electron chi connectivity index (χ3n) is 3.90. The third kappa shape index (κ3) is 2.03. The molecule has 1 unspecified atom stereocenters. The fraction of sp³-hybridized carbons (Fsp3) is 0.533. The van der Waals surface area contributed by atoms with E-state index in [2.05, 4.69) is 6.07 Å². The van der Waals surface area contributed by atoms with Gasteiger partial charge in [0.2, 0.25) is 0 Å². The molecule has 2 fully saturated rings. The molecule has 0 N–H and O–H groups in total. The smallest absolute Gasteiger partial charge is 0.169 e. The predicted octanol–water partition coefficient (Wildman–Crippen LogP) is 3.31. The van der Waals surface area contributed by atoms with Crippen LogP contribution < -0.4 is 0 Å². The highest BCUT2D eigenvalue weighted by atomic mass is 16.7. The maximum absolute atomic E-state index is 9.13. The molecule has 1 aliphatic heterocycles. The lowest BCUT2D eigenvalue weighted by Crippen LogP contribution is -2.32. The van der Waals surface area contributed by atoms with Gasteiger partial charge in [-0.15, -0.1) is 0 Å². The van der Waals surface area contributed by atoms with Crippen LogP contribution in [-0.2, 0) is 9.47 Å². The highest BCUT2D eigenvalue weighted by Gasteiger charge is 2.43. The summed E-state index contributed by atoms with van der Waals surface area (Å²) in [6, 6.07) is 9.87. The number of ether oxygens (including phenoxy) is 2. The minimum absolute atomic E-state index is 0.0843. The van der Waals surface area contributed by atoms with E-state index in [0.717, 1.165) is 18.4 Å². The molecule has 1 aromatic carbocycles. The Labute approximate surface area is 107 Å². The number of nitriles is 1. The van der Waals surface area contributed by atoms with E-state index < -0.39 is 0 Å². The molecule has 0 radical (unpaired) electrons. The van der Waals surface area contributed by atoms with Crippen LogP contribution in [0.5, 0.6) is 0 Å². The van der Waals surface area contributed by atoms with Gasteiger partial charge < -0.3 is 9.47 Å². The molecule has 0 bridgehead atoms. The molecule has 1 atom stereocenters. The fourth-order valence-corrected chi connectivity index (χ4v) is 2.94. The van der Waals surface area contributed by atoms with E-state index in [1.165, 1.54) is 19.3 Å². The number of nitrogens with zero attached hydrogens (tertiary/aromatic N) is 1. The zero-order chi connectivity index (χ0) is 12.4. The second-order valence-corrected chi connectivity index (χ2v) is 5.09. The van der Waals surface area contributed by atoms with E-state index in [4.69, 9.17) is 14.7 Å². The molecule has 3 nitrogen and oxygen atoms in total. The van der Waals surface area contributed by atoms with Crippen molar-refractivity contribution < 1.29 is 9.47 Å². The van der Waals surface area contributed by atoms with E-state index in [1.54, 1.807) is 0 Å². The predicted molar refractivity (Wildman–Crippen MR) is 66.8 cm³/mol. The minimum Gasteiger partial charge on any atom is -0.347 e. The molecule has 1 heterocycles. The summed E-state index contributed by atoms with van der Waals surface area (Å²) in [7, 11) is 0. The first-order valence-corrected chi connectivity index (χ1v) is 6.64. The second kappa shape index (κ2) is 4.72. The van der Waals surface area contributed by atoms with Gasteiger partial charge in [0.05, 0.1) is 18.2 Å². The average molecular weight is 243 g/mol. The van der Waals surface area contributed by atoms with E-state index in [0.29, 0.717) is 12.2 Å². The van der Waals surface area contributed by atoms with Crippen molar-refractivity contribution in [2.45, 2.75) is 44.0 Å². The van der Waals surface area contributed by atoms with Crippen LogP contribution in [0.1, 0.15) is 49.3 Å². The van der Waals surface area contributed by atoms with E-state index >= 15 is 0 Å². The molecular weight excluding hydrogens is 226 g/mol. The molecule has 0 aromatic heterocycles. The van der Waals surface area contributed by atoms with Gasteiger partial charge in [-0.05, 0) is 18.9 Å². The SMILES string of the molecule is N#Cc1ccccc1C1COC2(CCCCC2)O1. The van der Waals surface area contributed by atoms with Gasteiger partial charge in [0, 0.05) is 18.4 Å². The monoisotopic (exact) mass is 243 g/mol. The van der Waals surface area contributed by atoms with Crippen molar-refractivity contribution in [1.82, 2.24) is 0 Å². The Morgan fingerprint density at radius 2 is 1.94 bits per heavy atom. The summed E-state index contributed by atoms with van der Waals surface area (Å²) in [5.74, 6) is -0.370. The second-order valence-electron chi connectivity index (χ2n) is 5.09. The fourth-order valence-electron chi connectivity index (χ4n) is 2.94. The lowest BCUT2D eigenvalue weighted by molar-refractivity contribution is -0.187. The molecule has 2 aliphatic rings. The van der Waals surface area contributed by atoms with Gasteiger partial charge in [0.25, 0.3) is 0 Å². The molecule has 3 heteroatoms. The maximum Gasteiger partial charge on any atom is 0.169 e. The van der Waals surface area contributed by atoms with Crippen LogP contribution in [-0.4, -0.2) is 12.4 Å². The standard InChI is InChI=1S/C15H17NO2/c16-10-12-6-2-3-7-13(12)14-11-17-15(18-14)8-4-1-5-9-15/h2-3,6-7,14H,1,4-5,8-9,11H2. The van der Waals surface area contributed by atoms with Gasteiger partial charge in [-0.2, -0.15) is 5.26 Å². The van der Waals surface area contributed by atoms with Crippen LogP contribution in [0.25, 0.3) is 0 Å². The van der Waals surface area contributed by atoms with Crippen LogP contribution in [0, 0.1) is 11.3 Å². The Hall–Kier alpha value is -1.37. The number of benzene rings is 1. The lowest BCUT2D eigenvalue weighted by atomic mass is 9.94. The molecule has 3 rings (SSSR count). The van der Waals surface area contributed by atoms with Crippen molar-refractivity contribution in [1.29, 1.82) is 5.26 Å². The van der Waals surface area contributed by atoms with Crippen molar-refractivity contribution in [3.63, 3.8) is 0 Å². The van der Waals surface area contributed by atoms with Crippen molar-refractivity contribution in [2.75, 3.05) is 6.61 Å². The summed E-state index contributed by atoms with van der Waals surface area (Å²) in [5.41, 5.74) is 1.65. The summed E-state index contributed by atoms with van der Waals surface area (Å²) in [5, 5.41) is 9.13. The van der Waals surface area contributed by atoms with Gasteiger partial charge in [-0.25, -0.2) is 0 Å². The molecule has 18 heavy (non-hydrogen) atoms. The highest BCUT2D eigenvalue weighted by Crippen LogP contribution is 2.42. The lowest BCUT2D eigenvalue weighted by Gasteiger charge is -2.31. The molecule has 1 aromatic rings. The molecular formula is C15H17NO2. The topological polar surface area (TPSA) is 42.2 Å². The van der Waals surface area contributed by atoms with Crippen molar-refractivity contribution in [3.05, 3.63) is 35.4 Å². The van der Waals surface area contributed by atoms with Crippen LogP contribution >= 0.6 is 0 Å². The summed E-state index contributed by atoms with van der Waals surface area (Å²) in [6.07, 6.45) is 5.50. The zero-order valence-electron chi connectivity index (χ0n) is 10.4. The first-order valence-electron chi connectivity index (χ1n) is 6.64. The quantitative estimate of drug-likeness (QED) is 0.760. The van der Waals surface area contributed by atoms with E-state index in [-0.39, 0.29) is 11.9 Å². The number of hydrogen-bond donors (Lipinski definition) is 0. The zero-order valence-corrected chi connectivity index (χ0v) is 10.4. The summed E-state index contributed by atoms with van der Waals surface area (Å²) < 4.78 is 12.1. The maximum atomic E-state index is 9.13. The Bertz CT molecular complexity index is 472. The highest BCUT2D eigenvalue weighted by molar-refractivity contribution is 5.39.